The molecular weight excluding hydrogens is 784 g/mol. The minimum atomic E-state index is -0.585. The monoisotopic (exact) mass is 815 g/mol. The first-order valence-electron chi connectivity index (χ1n) is 16.5. The van der Waals surface area contributed by atoms with Crippen LogP contribution in [0.5, 0.6) is 0 Å². The Balaban J connectivity index is 0.00000325. The van der Waals surface area contributed by atoms with E-state index < -0.39 is 10.8 Å². The molecule has 0 atom stereocenters. The second-order valence-electron chi connectivity index (χ2n) is 14.0. The van der Waals surface area contributed by atoms with Crippen molar-refractivity contribution in [1.82, 2.24) is 29.1 Å². The number of aromatic nitrogens is 6. The van der Waals surface area contributed by atoms with E-state index in [1.54, 1.807) is 0 Å². The molecule has 240 valence electrons. The van der Waals surface area contributed by atoms with E-state index in [0.29, 0.717) is 0 Å². The Bertz CT molecular complexity index is 2530. The minimum Gasteiger partial charge on any atom is -0.660 e. The van der Waals surface area contributed by atoms with Gasteiger partial charge in [0, 0.05) is 22.2 Å². The second-order valence-corrected chi connectivity index (χ2v) is 14.0. The van der Waals surface area contributed by atoms with Crippen molar-refractivity contribution in [2.24, 2.45) is 0 Å². The molecule has 7 heteroatoms. The molecule has 9 aromatic rings. The maximum Gasteiger partial charge on any atom is 2.00 e. The summed E-state index contributed by atoms with van der Waals surface area (Å²) in [6, 6.07) is 42.6. The van der Waals surface area contributed by atoms with Gasteiger partial charge in [0.15, 0.2) is 0 Å². The van der Waals surface area contributed by atoms with Gasteiger partial charge in [-0.3, -0.25) is 9.13 Å². The van der Waals surface area contributed by atoms with Crippen LogP contribution in [0.1, 0.15) is 50.7 Å². The van der Waals surface area contributed by atoms with E-state index in [1.165, 1.54) is 0 Å². The van der Waals surface area contributed by atoms with Gasteiger partial charge in [0.2, 0.25) is 0 Å². The molecule has 4 aromatic heterocycles. The topological polar surface area (TPSA) is 63.8 Å². The smallest absolute Gasteiger partial charge is 0.660 e. The summed E-state index contributed by atoms with van der Waals surface area (Å²) < 4.78 is 4.61. The Kier molecular flexibility index (Phi) is 6.35. The number of hydrogen-bond donors (Lipinski definition) is 0. The third-order valence-corrected chi connectivity index (χ3v) is 10.3. The summed E-state index contributed by atoms with van der Waals surface area (Å²) in [5.41, 5.74) is 8.50. The number of imidazole rings is 2. The fourth-order valence-electron chi connectivity index (χ4n) is 7.98. The summed E-state index contributed by atoms with van der Waals surface area (Å²) in [5.74, 6) is 1.83. The van der Waals surface area contributed by atoms with Crippen LogP contribution in [0.25, 0.3) is 66.4 Å². The molecule has 0 amide bonds. The van der Waals surface area contributed by atoms with Crippen molar-refractivity contribution >= 4 is 43.6 Å². The van der Waals surface area contributed by atoms with Crippen molar-refractivity contribution in [1.29, 1.82) is 0 Å². The van der Waals surface area contributed by atoms with Gasteiger partial charge in [-0.25, -0.2) is 9.97 Å². The standard InChI is InChI=1S/C42H32N6.Pt/c1-41(2)37-29-21-13-11-19-27(29)33(43-37)34-28-20-12-14-22-30(28)38(44-34)42(3,4)40-46-36-32(48(40)26-17-9-6-10-18-26)24-23-31-35(36)45-39(41)47(31)25-15-7-5-8-16-25;/h5-24H,1-4H3;/q-2;+2. The van der Waals surface area contributed by atoms with E-state index in [4.69, 9.17) is 19.9 Å². The average molecular weight is 816 g/mol. The Morgan fingerprint density at radius 2 is 0.796 bits per heavy atom. The first-order valence-corrected chi connectivity index (χ1v) is 16.5. The zero-order valence-electron chi connectivity index (χ0n) is 27.5. The number of para-hydroxylation sites is 2. The van der Waals surface area contributed by atoms with E-state index in [0.717, 1.165) is 89.4 Å². The molecule has 0 radical (unpaired) electrons. The van der Waals surface area contributed by atoms with Crippen molar-refractivity contribution in [3.63, 3.8) is 0 Å². The third-order valence-electron chi connectivity index (χ3n) is 10.3. The molecule has 10 rings (SSSR count). The van der Waals surface area contributed by atoms with Crippen LogP contribution in [-0.2, 0) is 31.9 Å². The molecular formula is C42H32N6Pt. The average Bonchev–Trinajstić information content (AvgIpc) is 3.89. The largest absolute Gasteiger partial charge is 2.00 e. The summed E-state index contributed by atoms with van der Waals surface area (Å²) in [6.07, 6.45) is 0. The number of fused-ring (bicyclic) bond motifs is 13. The van der Waals surface area contributed by atoms with Crippen LogP contribution in [0.3, 0.4) is 0 Å². The molecule has 0 saturated heterocycles. The van der Waals surface area contributed by atoms with Crippen molar-refractivity contribution in [3.8, 4) is 22.8 Å². The molecule has 5 aromatic carbocycles. The normalized spacial score (nSPS) is 14.7. The van der Waals surface area contributed by atoms with Crippen LogP contribution in [0.15, 0.2) is 121 Å². The van der Waals surface area contributed by atoms with Crippen molar-refractivity contribution < 1.29 is 21.1 Å². The Labute approximate surface area is 298 Å². The molecule has 0 N–H and O–H groups in total. The molecule has 0 spiro atoms. The fraction of sp³-hybridized carbons (Fsp3) is 0.143. The maximum absolute atomic E-state index is 5.56. The van der Waals surface area contributed by atoms with Gasteiger partial charge in [0.05, 0.1) is 11.0 Å². The molecule has 5 heterocycles. The van der Waals surface area contributed by atoms with E-state index in [-0.39, 0.29) is 21.1 Å². The predicted molar refractivity (Wildman–Crippen MR) is 193 cm³/mol. The molecule has 1 aliphatic rings. The van der Waals surface area contributed by atoms with Gasteiger partial charge >= 0.3 is 21.1 Å². The molecule has 0 fully saturated rings. The van der Waals surface area contributed by atoms with Crippen molar-refractivity contribution in [2.75, 3.05) is 0 Å². The van der Waals surface area contributed by atoms with Crippen LogP contribution in [0.4, 0.5) is 0 Å². The van der Waals surface area contributed by atoms with Gasteiger partial charge < -0.3 is 9.97 Å². The zero-order chi connectivity index (χ0) is 32.4. The quantitative estimate of drug-likeness (QED) is 0.175. The van der Waals surface area contributed by atoms with Crippen molar-refractivity contribution in [3.05, 3.63) is 144 Å². The summed E-state index contributed by atoms with van der Waals surface area (Å²) in [4.78, 5) is 22.2. The van der Waals surface area contributed by atoms with Crippen LogP contribution in [-0.4, -0.2) is 19.1 Å². The number of rotatable bonds is 2. The molecule has 0 saturated carbocycles. The number of benzene rings is 5. The van der Waals surface area contributed by atoms with Crippen LogP contribution in [0, 0.1) is 0 Å². The summed E-state index contributed by atoms with van der Waals surface area (Å²) in [6.45, 7) is 8.98. The molecule has 1 aliphatic heterocycles. The zero-order valence-corrected chi connectivity index (χ0v) is 29.8. The predicted octanol–water partition coefficient (Wildman–Crippen LogP) is 9.21. The fourth-order valence-corrected chi connectivity index (χ4v) is 7.98. The Morgan fingerprint density at radius 1 is 0.449 bits per heavy atom. The van der Waals surface area contributed by atoms with E-state index in [2.05, 4.69) is 158 Å². The Hall–Kier alpha value is -5.19. The second kappa shape index (κ2) is 10.4. The summed E-state index contributed by atoms with van der Waals surface area (Å²) >= 11 is 0. The maximum atomic E-state index is 5.56. The molecule has 0 unspecified atom stereocenters. The Morgan fingerprint density at radius 3 is 1.18 bits per heavy atom. The number of nitrogens with zero attached hydrogens (tertiary/aromatic N) is 6. The van der Waals surface area contributed by atoms with E-state index in [1.807, 2.05) is 0 Å². The van der Waals surface area contributed by atoms with Crippen LogP contribution >= 0.6 is 0 Å². The van der Waals surface area contributed by atoms with Gasteiger partial charge in [-0.15, -0.1) is 22.8 Å². The minimum absolute atomic E-state index is 0. The first-order chi connectivity index (χ1) is 23.3. The summed E-state index contributed by atoms with van der Waals surface area (Å²) in [7, 11) is 0. The van der Waals surface area contributed by atoms with E-state index >= 15 is 0 Å². The van der Waals surface area contributed by atoms with E-state index in [9.17, 15) is 0 Å². The van der Waals surface area contributed by atoms with Crippen LogP contribution in [0.2, 0.25) is 0 Å². The van der Waals surface area contributed by atoms with Gasteiger partial charge in [-0.2, -0.15) is 0 Å². The summed E-state index contributed by atoms with van der Waals surface area (Å²) in [5, 5.41) is 4.43. The molecule has 49 heavy (non-hydrogen) atoms. The first kappa shape index (κ1) is 29.9. The van der Waals surface area contributed by atoms with Gasteiger partial charge in [-0.1, -0.05) is 113 Å². The SMILES string of the molecule is CC1(C)c2[n-]c(c3ccccc23)-c2[n-]c(c3ccccc23)C(C)(C)c2nc3c4nc1n(-c1ccccc1)c4ccc3n2-c1ccccc1.[Pt+2]. The third kappa shape index (κ3) is 3.98. The van der Waals surface area contributed by atoms with Gasteiger partial charge in [-0.05, 0) is 57.9 Å². The van der Waals surface area contributed by atoms with Crippen molar-refractivity contribution in [2.45, 2.75) is 38.5 Å². The molecule has 8 bridgehead atoms. The molecule has 6 nitrogen and oxygen atoms in total. The van der Waals surface area contributed by atoms with Gasteiger partial charge in [0.1, 0.15) is 22.7 Å². The molecule has 0 aliphatic carbocycles. The van der Waals surface area contributed by atoms with Crippen LogP contribution < -0.4 is 9.97 Å². The van der Waals surface area contributed by atoms with Gasteiger partial charge in [0.25, 0.3) is 0 Å². The number of hydrogen-bond acceptors (Lipinski definition) is 2.